The highest BCUT2D eigenvalue weighted by molar-refractivity contribution is 7.78. The van der Waals surface area contributed by atoms with Gasteiger partial charge in [0.2, 0.25) is 0 Å². The molecular formula is C22H33N5O5S. The Morgan fingerprint density at radius 3 is 2.39 bits per heavy atom. The van der Waals surface area contributed by atoms with Crippen molar-refractivity contribution in [1.82, 2.24) is 20.1 Å². The highest BCUT2D eigenvalue weighted by Crippen LogP contribution is 2.21. The van der Waals surface area contributed by atoms with E-state index in [1.54, 1.807) is 0 Å². The molecule has 0 spiro atoms. The zero-order chi connectivity index (χ0) is 23.9. The first-order valence-corrected chi connectivity index (χ1v) is 11.6. The molecule has 2 rings (SSSR count). The van der Waals surface area contributed by atoms with Gasteiger partial charge < -0.3 is 20.3 Å². The Balaban J connectivity index is 2.08. The topological polar surface area (TPSA) is 128 Å². The maximum absolute atomic E-state index is 11.3. The van der Waals surface area contributed by atoms with Crippen molar-refractivity contribution < 1.29 is 24.5 Å². The lowest BCUT2D eigenvalue weighted by Crippen LogP contribution is -2.40. The molecule has 0 aliphatic carbocycles. The van der Waals surface area contributed by atoms with Gasteiger partial charge in [0.15, 0.2) is 0 Å². The first-order valence-electron chi connectivity index (χ1n) is 11.2. The minimum Gasteiger partial charge on any atom is -0.492 e. The monoisotopic (exact) mass is 479 g/mol. The number of aromatic nitrogens is 1. The molecule has 11 heteroatoms. The van der Waals surface area contributed by atoms with E-state index in [-0.39, 0.29) is 13.1 Å². The number of nitrogens with one attached hydrogen (secondary N) is 1. The number of pyridine rings is 1. The van der Waals surface area contributed by atoms with Crippen LogP contribution in [-0.4, -0.2) is 94.5 Å². The summed E-state index contributed by atoms with van der Waals surface area (Å²) in [6.45, 7) is 4.09. The molecule has 33 heavy (non-hydrogen) atoms. The quantitative estimate of drug-likeness (QED) is 0.230. The average Bonchev–Trinajstić information content (AvgIpc) is 2.74. The molecule has 0 fully saturated rings. The molecular weight excluding hydrogens is 446 g/mol. The number of ether oxygens (including phenoxy) is 1. The van der Waals surface area contributed by atoms with Crippen LogP contribution in [0.3, 0.4) is 0 Å². The van der Waals surface area contributed by atoms with E-state index in [0.717, 1.165) is 31.4 Å². The van der Waals surface area contributed by atoms with Crippen LogP contribution in [0.4, 0.5) is 0 Å². The molecule has 0 saturated carbocycles. The fourth-order valence-electron chi connectivity index (χ4n) is 3.59. The number of rotatable bonds is 12. The number of hydrogen-bond acceptors (Lipinski definition) is 9. The average molecular weight is 480 g/mol. The molecule has 1 aliphatic rings. The Morgan fingerprint density at radius 1 is 1.06 bits per heavy atom. The SMILES string of the molecule is O=C(O)CN1CCNCCN(CC(=O)O)Cc2nc(ccc2OCCCCCCN=C=S)C1. The van der Waals surface area contributed by atoms with E-state index in [1.807, 2.05) is 21.9 Å². The number of unbranched alkanes of at least 4 members (excludes halogenated alkanes) is 3. The van der Waals surface area contributed by atoms with Crippen molar-refractivity contribution in [2.45, 2.75) is 38.8 Å². The predicted molar refractivity (Wildman–Crippen MR) is 127 cm³/mol. The van der Waals surface area contributed by atoms with Crippen molar-refractivity contribution >= 4 is 29.3 Å². The molecule has 0 aromatic carbocycles. The zero-order valence-electron chi connectivity index (χ0n) is 18.9. The molecule has 1 aromatic heterocycles. The van der Waals surface area contributed by atoms with Crippen molar-refractivity contribution in [1.29, 1.82) is 0 Å². The van der Waals surface area contributed by atoms with Gasteiger partial charge >= 0.3 is 11.9 Å². The van der Waals surface area contributed by atoms with E-state index in [1.165, 1.54) is 0 Å². The van der Waals surface area contributed by atoms with Crippen LogP contribution < -0.4 is 10.1 Å². The van der Waals surface area contributed by atoms with Gasteiger partial charge in [-0.15, -0.1) is 0 Å². The van der Waals surface area contributed by atoms with Gasteiger partial charge in [-0.3, -0.25) is 24.4 Å². The van der Waals surface area contributed by atoms with Crippen molar-refractivity contribution in [3.63, 3.8) is 0 Å². The molecule has 0 radical (unpaired) electrons. The third-order valence-electron chi connectivity index (χ3n) is 5.16. The molecule has 0 saturated heterocycles. The number of carbonyl (C=O) groups is 2. The summed E-state index contributed by atoms with van der Waals surface area (Å²) in [7, 11) is 0. The molecule has 10 nitrogen and oxygen atoms in total. The van der Waals surface area contributed by atoms with E-state index < -0.39 is 11.9 Å². The number of isothiocyanates is 1. The third kappa shape index (κ3) is 11.3. The summed E-state index contributed by atoms with van der Waals surface area (Å²) in [5.41, 5.74) is 1.40. The molecule has 2 heterocycles. The van der Waals surface area contributed by atoms with Crippen LogP contribution in [0.2, 0.25) is 0 Å². The van der Waals surface area contributed by atoms with Crippen molar-refractivity contribution in [3.05, 3.63) is 23.5 Å². The first-order chi connectivity index (χ1) is 16.0. The summed E-state index contributed by atoms with van der Waals surface area (Å²) in [5.74, 6) is -1.15. The maximum Gasteiger partial charge on any atom is 0.317 e. The van der Waals surface area contributed by atoms with Gasteiger partial charge in [0, 0.05) is 45.8 Å². The normalized spacial score (nSPS) is 15.6. The number of nitrogens with zero attached hydrogens (tertiary/aromatic N) is 4. The summed E-state index contributed by atoms with van der Waals surface area (Å²) in [6, 6.07) is 3.70. The van der Waals surface area contributed by atoms with Crippen molar-refractivity contribution in [2.75, 3.05) is 52.4 Å². The molecule has 182 valence electrons. The number of thiocarbonyl (C=S) groups is 1. The van der Waals surface area contributed by atoms with Crippen LogP contribution in [0.15, 0.2) is 17.1 Å². The molecule has 2 bridgehead atoms. The highest BCUT2D eigenvalue weighted by atomic mass is 32.1. The molecule has 1 aliphatic heterocycles. The summed E-state index contributed by atoms with van der Waals surface area (Å²) < 4.78 is 6.00. The van der Waals surface area contributed by atoms with Crippen LogP contribution in [0.25, 0.3) is 0 Å². The molecule has 1 aromatic rings. The number of aliphatic imine (C=N–C) groups is 1. The molecule has 3 N–H and O–H groups in total. The second kappa shape index (κ2) is 15.4. The third-order valence-corrected chi connectivity index (χ3v) is 5.29. The van der Waals surface area contributed by atoms with Crippen LogP contribution >= 0.6 is 12.2 Å². The Hall–Kier alpha value is -2.43. The summed E-state index contributed by atoms with van der Waals surface area (Å²) >= 11 is 4.56. The Kier molecular flexibility index (Phi) is 12.5. The fraction of sp³-hybridized carbons (Fsp3) is 0.636. The molecule has 0 atom stereocenters. The minimum absolute atomic E-state index is 0.0716. The van der Waals surface area contributed by atoms with E-state index in [9.17, 15) is 19.8 Å². The van der Waals surface area contributed by atoms with Crippen molar-refractivity contribution in [3.8, 4) is 5.75 Å². The van der Waals surface area contributed by atoms with Crippen LogP contribution in [0, 0.1) is 0 Å². The second-order valence-corrected chi connectivity index (χ2v) is 8.12. The first kappa shape index (κ1) is 26.8. The van der Waals surface area contributed by atoms with Gasteiger partial charge in [0.25, 0.3) is 0 Å². The summed E-state index contributed by atoms with van der Waals surface area (Å²) in [6.07, 6.45) is 3.90. The number of carboxylic acids is 2. The van der Waals surface area contributed by atoms with Gasteiger partial charge in [-0.2, -0.15) is 0 Å². The van der Waals surface area contributed by atoms with Crippen LogP contribution in [-0.2, 0) is 22.7 Å². The maximum atomic E-state index is 11.3. The minimum atomic E-state index is -0.897. The Morgan fingerprint density at radius 2 is 1.73 bits per heavy atom. The Labute approximate surface area is 199 Å². The van der Waals surface area contributed by atoms with Crippen molar-refractivity contribution in [2.24, 2.45) is 4.99 Å². The largest absolute Gasteiger partial charge is 0.492 e. The van der Waals surface area contributed by atoms with E-state index >= 15 is 0 Å². The van der Waals surface area contributed by atoms with E-state index in [2.05, 4.69) is 27.7 Å². The van der Waals surface area contributed by atoms with Gasteiger partial charge in [-0.25, -0.2) is 4.99 Å². The lowest BCUT2D eigenvalue weighted by atomic mass is 10.2. The number of aliphatic carboxylic acids is 2. The van der Waals surface area contributed by atoms with Gasteiger partial charge in [0.05, 0.1) is 36.2 Å². The van der Waals surface area contributed by atoms with Gasteiger partial charge in [0.1, 0.15) is 5.75 Å². The Bertz CT molecular complexity index is 818. The zero-order valence-corrected chi connectivity index (χ0v) is 19.7. The summed E-state index contributed by atoms with van der Waals surface area (Å²) in [4.78, 5) is 34.9. The van der Waals surface area contributed by atoms with Crippen LogP contribution in [0.5, 0.6) is 5.75 Å². The van der Waals surface area contributed by atoms with Gasteiger partial charge in [-0.05, 0) is 43.6 Å². The van der Waals surface area contributed by atoms with Gasteiger partial charge in [-0.1, -0.05) is 6.42 Å². The number of fused-ring (bicyclic) bond motifs is 2. The van der Waals surface area contributed by atoms with Crippen LogP contribution in [0.1, 0.15) is 37.1 Å². The fourth-order valence-corrected chi connectivity index (χ4v) is 3.68. The number of hydrogen-bond donors (Lipinski definition) is 3. The lowest BCUT2D eigenvalue weighted by Gasteiger charge is -2.25. The smallest absolute Gasteiger partial charge is 0.317 e. The van der Waals surface area contributed by atoms with E-state index in [4.69, 9.17) is 9.72 Å². The lowest BCUT2D eigenvalue weighted by molar-refractivity contribution is -0.139. The van der Waals surface area contributed by atoms with E-state index in [0.29, 0.717) is 63.9 Å². The predicted octanol–water partition coefficient (Wildman–Crippen LogP) is 1.50. The molecule has 0 amide bonds. The standard InChI is InChI=1S/C22H33N5O5S/c28-21(29)15-26-10-8-23-9-11-27(16-22(30)31)14-19-20(6-5-18(13-26)25-19)32-12-4-2-1-3-7-24-17-33/h5-6,23H,1-4,7-16H2,(H,28,29)(H,30,31). The highest BCUT2D eigenvalue weighted by Gasteiger charge is 2.18. The molecule has 0 unspecified atom stereocenters. The summed E-state index contributed by atoms with van der Waals surface area (Å²) in [5, 5.41) is 24.1. The second-order valence-electron chi connectivity index (χ2n) is 7.94. The number of carboxylic acid groups (broad SMARTS) is 2.